The Hall–Kier alpha value is -1.56. The highest BCUT2D eigenvalue weighted by Crippen LogP contribution is 2.45. The molecule has 0 spiro atoms. The van der Waals surface area contributed by atoms with Crippen molar-refractivity contribution in [2.75, 3.05) is 0 Å². The van der Waals surface area contributed by atoms with Crippen LogP contribution in [0.4, 0.5) is 0 Å². The van der Waals surface area contributed by atoms with Crippen LogP contribution < -0.4 is 5.56 Å². The van der Waals surface area contributed by atoms with E-state index in [1.54, 1.807) is 30.0 Å². The van der Waals surface area contributed by atoms with Gasteiger partial charge in [0.1, 0.15) is 0 Å². The van der Waals surface area contributed by atoms with Crippen LogP contribution in [0.2, 0.25) is 5.02 Å². The molecule has 0 unspecified atom stereocenters. The van der Waals surface area contributed by atoms with Crippen LogP contribution in [0, 0.1) is 0 Å². The number of hydrogen-bond acceptors (Lipinski definition) is 4. The van der Waals surface area contributed by atoms with Crippen LogP contribution in [-0.2, 0) is 12.2 Å². The zero-order valence-corrected chi connectivity index (χ0v) is 14.8. The number of nitrogens with zero attached hydrogens (tertiary/aromatic N) is 2. The van der Waals surface area contributed by atoms with Gasteiger partial charge >= 0.3 is 0 Å². The maximum atomic E-state index is 12.4. The fourth-order valence-electron chi connectivity index (χ4n) is 2.61. The minimum atomic E-state index is -0.110. The van der Waals surface area contributed by atoms with Crippen molar-refractivity contribution in [3.63, 3.8) is 0 Å². The second-order valence-electron chi connectivity index (χ2n) is 5.30. The number of rotatable bonds is 2. The number of thiophene rings is 1. The van der Waals surface area contributed by atoms with Crippen molar-refractivity contribution in [2.24, 2.45) is 0 Å². The zero-order valence-electron chi connectivity index (χ0n) is 12.4. The highest BCUT2D eigenvalue weighted by Gasteiger charge is 2.22. The molecule has 1 aliphatic heterocycles. The molecule has 3 heterocycles. The molecule has 0 bridgehead atoms. The van der Waals surface area contributed by atoms with Crippen LogP contribution in [0.15, 0.2) is 45.4 Å². The van der Waals surface area contributed by atoms with Gasteiger partial charge in [0.2, 0.25) is 0 Å². The quantitative estimate of drug-likeness (QED) is 0.659. The Kier molecular flexibility index (Phi) is 3.79. The van der Waals surface area contributed by atoms with Crippen molar-refractivity contribution in [3.05, 3.63) is 62.2 Å². The Balaban J connectivity index is 1.90. The van der Waals surface area contributed by atoms with Crippen LogP contribution in [-0.4, -0.2) is 9.78 Å². The van der Waals surface area contributed by atoms with E-state index in [2.05, 4.69) is 18.1 Å². The van der Waals surface area contributed by atoms with Crippen LogP contribution in [0.25, 0.3) is 16.9 Å². The van der Waals surface area contributed by atoms with Crippen molar-refractivity contribution in [3.8, 4) is 16.9 Å². The minimum Gasteiger partial charge on any atom is -0.267 e. The van der Waals surface area contributed by atoms with Crippen LogP contribution in [0.5, 0.6) is 0 Å². The molecule has 23 heavy (non-hydrogen) atoms. The first-order valence-corrected chi connectivity index (χ1v) is 9.49. The Morgan fingerprint density at radius 1 is 1.26 bits per heavy atom. The summed E-state index contributed by atoms with van der Waals surface area (Å²) in [5.74, 6) is 0.801. The SMILES string of the molecule is CCc1cc2c(s1)SCc1cc(=O)n(-c3ccc(Cl)cc3)nc1-2. The summed E-state index contributed by atoms with van der Waals surface area (Å²) in [4.78, 5) is 13.8. The third-order valence-corrected chi connectivity index (χ3v) is 6.66. The monoisotopic (exact) mass is 360 g/mol. The van der Waals surface area contributed by atoms with Crippen molar-refractivity contribution in [1.29, 1.82) is 0 Å². The molecule has 0 amide bonds. The van der Waals surface area contributed by atoms with Crippen LogP contribution in [0.1, 0.15) is 17.4 Å². The topological polar surface area (TPSA) is 34.9 Å². The van der Waals surface area contributed by atoms with Crippen molar-refractivity contribution >= 4 is 34.7 Å². The Morgan fingerprint density at radius 3 is 2.78 bits per heavy atom. The van der Waals surface area contributed by atoms with E-state index in [1.165, 1.54) is 13.8 Å². The highest BCUT2D eigenvalue weighted by molar-refractivity contribution is 8.00. The van der Waals surface area contributed by atoms with Gasteiger partial charge in [-0.3, -0.25) is 4.79 Å². The first kappa shape index (κ1) is 15.0. The van der Waals surface area contributed by atoms with Gasteiger partial charge in [0.05, 0.1) is 15.6 Å². The second kappa shape index (κ2) is 5.82. The maximum Gasteiger partial charge on any atom is 0.271 e. The first-order valence-electron chi connectivity index (χ1n) is 7.31. The van der Waals surface area contributed by atoms with E-state index < -0.39 is 0 Å². The van der Waals surface area contributed by atoms with Crippen LogP contribution >= 0.6 is 34.7 Å². The molecule has 0 N–H and O–H groups in total. The largest absolute Gasteiger partial charge is 0.271 e. The molecule has 116 valence electrons. The molecule has 0 saturated carbocycles. The molecule has 0 atom stereocenters. The average molecular weight is 361 g/mol. The van der Waals surface area contributed by atoms with Gasteiger partial charge in [0.25, 0.3) is 5.56 Å². The van der Waals surface area contributed by atoms with Gasteiger partial charge in [-0.05, 0) is 42.3 Å². The van der Waals surface area contributed by atoms with Gasteiger partial charge in [-0.15, -0.1) is 23.1 Å². The third-order valence-electron chi connectivity index (χ3n) is 3.79. The Bertz CT molecular complexity index is 944. The summed E-state index contributed by atoms with van der Waals surface area (Å²) >= 11 is 9.55. The molecule has 3 nitrogen and oxygen atoms in total. The second-order valence-corrected chi connectivity index (χ2v) is 8.12. The van der Waals surface area contributed by atoms with Gasteiger partial charge in [-0.25, -0.2) is 0 Å². The van der Waals surface area contributed by atoms with E-state index in [9.17, 15) is 4.79 Å². The zero-order chi connectivity index (χ0) is 16.0. The molecule has 0 fully saturated rings. The van der Waals surface area contributed by atoms with Crippen molar-refractivity contribution < 1.29 is 0 Å². The third kappa shape index (κ3) is 2.63. The lowest BCUT2D eigenvalue weighted by Crippen LogP contribution is -2.22. The summed E-state index contributed by atoms with van der Waals surface area (Å²) in [5.41, 5.74) is 3.71. The predicted molar refractivity (Wildman–Crippen MR) is 97.1 cm³/mol. The summed E-state index contributed by atoms with van der Waals surface area (Å²) in [5, 5.41) is 5.30. The lowest BCUT2D eigenvalue weighted by molar-refractivity contribution is 0.804. The van der Waals surface area contributed by atoms with E-state index in [4.69, 9.17) is 11.6 Å². The summed E-state index contributed by atoms with van der Waals surface area (Å²) in [6.07, 6.45) is 1.02. The Labute approximate surface area is 146 Å². The van der Waals surface area contributed by atoms with Gasteiger partial charge in [0.15, 0.2) is 0 Å². The maximum absolute atomic E-state index is 12.4. The summed E-state index contributed by atoms with van der Waals surface area (Å²) in [6, 6.07) is 11.1. The highest BCUT2D eigenvalue weighted by atomic mass is 35.5. The molecule has 4 rings (SSSR count). The summed E-state index contributed by atoms with van der Waals surface area (Å²) in [7, 11) is 0. The molecule has 0 aliphatic carbocycles. The first-order chi connectivity index (χ1) is 11.2. The molecular formula is C17H13ClN2OS2. The fraction of sp³-hybridized carbons (Fsp3) is 0.176. The van der Waals surface area contributed by atoms with Gasteiger partial charge in [-0.1, -0.05) is 18.5 Å². The minimum absolute atomic E-state index is 0.110. The molecule has 2 aromatic heterocycles. The standard InChI is InChI=1S/C17H13ClN2OS2/c1-2-13-8-14-16-10(9-22-17(14)23-13)7-15(21)20(19-16)12-5-3-11(18)4-6-12/h3-8H,2,9H2,1H3. The van der Waals surface area contributed by atoms with Crippen molar-refractivity contribution in [1.82, 2.24) is 9.78 Å². The van der Waals surface area contributed by atoms with Gasteiger partial charge in [-0.2, -0.15) is 9.78 Å². The van der Waals surface area contributed by atoms with E-state index in [-0.39, 0.29) is 5.56 Å². The molecular weight excluding hydrogens is 348 g/mol. The molecule has 0 saturated heterocycles. The number of fused-ring (bicyclic) bond motifs is 3. The molecule has 0 radical (unpaired) electrons. The Morgan fingerprint density at radius 2 is 2.04 bits per heavy atom. The summed E-state index contributed by atoms with van der Waals surface area (Å²) < 4.78 is 2.75. The molecule has 6 heteroatoms. The van der Waals surface area contributed by atoms with Gasteiger partial charge in [0, 0.05) is 27.3 Å². The normalized spacial score (nSPS) is 12.8. The van der Waals surface area contributed by atoms with E-state index >= 15 is 0 Å². The van der Waals surface area contributed by atoms with Gasteiger partial charge < -0.3 is 0 Å². The molecule has 3 aromatic rings. The number of hydrogen-bond donors (Lipinski definition) is 0. The number of thioether (sulfide) groups is 1. The molecule has 1 aliphatic rings. The van der Waals surface area contributed by atoms with E-state index in [0.717, 1.165) is 34.7 Å². The lowest BCUT2D eigenvalue weighted by Gasteiger charge is -2.16. The predicted octanol–water partition coefficient (Wildman–Crippen LogP) is 4.78. The average Bonchev–Trinajstić information content (AvgIpc) is 2.99. The smallest absolute Gasteiger partial charge is 0.267 e. The number of aromatic nitrogens is 2. The van der Waals surface area contributed by atoms with E-state index in [1.807, 2.05) is 23.5 Å². The number of aryl methyl sites for hydroxylation is 1. The number of halogens is 1. The number of benzene rings is 1. The van der Waals surface area contributed by atoms with Crippen LogP contribution in [0.3, 0.4) is 0 Å². The molecule has 1 aromatic carbocycles. The fourth-order valence-corrected chi connectivity index (χ4v) is 5.11. The van der Waals surface area contributed by atoms with Crippen molar-refractivity contribution in [2.45, 2.75) is 23.3 Å². The van der Waals surface area contributed by atoms with E-state index in [0.29, 0.717) is 5.02 Å². The summed E-state index contributed by atoms with van der Waals surface area (Å²) in [6.45, 7) is 2.16. The lowest BCUT2D eigenvalue weighted by atomic mass is 10.1.